The molecule has 0 radical (unpaired) electrons. The Kier molecular flexibility index (Phi) is 42.3. The zero-order chi connectivity index (χ0) is 61.9. The van der Waals surface area contributed by atoms with Crippen LogP contribution >= 0.6 is 0 Å². The summed E-state index contributed by atoms with van der Waals surface area (Å²) in [5.74, 6) is -0.323. The van der Waals surface area contributed by atoms with Crippen LogP contribution in [0.5, 0.6) is 0 Å². The SMILES string of the molecule is CC/C=C\C/C=C\C/C=C\C/C=C\C/C=C\C/C=C\C/C=C\CCCCCC(=O)NC(COC1OC(CO)C(OC2OC(CO)C(OC3OC(CO)C(O)C(O)C3O)C(O)C2O)C(O)C1O)C(O)/C=C/CC/C=C/CCCCCCCCCCC. The van der Waals surface area contributed by atoms with Gasteiger partial charge in [0.25, 0.3) is 0 Å². The van der Waals surface area contributed by atoms with Crippen LogP contribution in [0.1, 0.15) is 168 Å². The average molecular weight is 1200 g/mol. The van der Waals surface area contributed by atoms with Gasteiger partial charge in [0, 0.05) is 6.42 Å². The van der Waals surface area contributed by atoms with Crippen LogP contribution in [-0.2, 0) is 33.2 Å². The molecule has 0 saturated carbocycles. The van der Waals surface area contributed by atoms with E-state index in [9.17, 15) is 61.0 Å². The number of hydrogen-bond donors (Lipinski definition) is 12. The number of amides is 1. The highest BCUT2D eigenvalue weighted by molar-refractivity contribution is 5.76. The number of ether oxygens (including phenoxy) is 6. The lowest BCUT2D eigenvalue weighted by Crippen LogP contribution is -2.66. The Labute approximate surface area is 506 Å². The molecule has 0 bridgehead atoms. The van der Waals surface area contributed by atoms with Crippen molar-refractivity contribution in [3.63, 3.8) is 0 Å². The van der Waals surface area contributed by atoms with Gasteiger partial charge in [0.05, 0.1) is 38.6 Å². The minimum atomic E-state index is -1.99. The van der Waals surface area contributed by atoms with Gasteiger partial charge in [-0.25, -0.2) is 0 Å². The number of hydrogen-bond acceptors (Lipinski definition) is 18. The van der Waals surface area contributed by atoms with Gasteiger partial charge in [0.1, 0.15) is 73.2 Å². The van der Waals surface area contributed by atoms with Crippen molar-refractivity contribution in [3.05, 3.63) is 109 Å². The van der Waals surface area contributed by atoms with E-state index in [1.165, 1.54) is 51.4 Å². The highest BCUT2D eigenvalue weighted by atomic mass is 16.8. The predicted molar refractivity (Wildman–Crippen MR) is 327 cm³/mol. The number of carbonyl (C=O) groups is 1. The van der Waals surface area contributed by atoms with E-state index in [1.807, 2.05) is 6.08 Å². The van der Waals surface area contributed by atoms with Crippen LogP contribution in [-0.4, -0.2) is 193 Å². The molecule has 19 nitrogen and oxygen atoms in total. The molecule has 12 N–H and O–H groups in total. The first-order chi connectivity index (χ1) is 41.3. The average Bonchev–Trinajstić information content (AvgIpc) is 3.63. The van der Waals surface area contributed by atoms with E-state index in [0.717, 1.165) is 83.5 Å². The molecule has 3 fully saturated rings. The molecule has 3 rings (SSSR count). The highest BCUT2D eigenvalue weighted by Gasteiger charge is 2.53. The Morgan fingerprint density at radius 3 is 1.32 bits per heavy atom. The third-order valence-corrected chi connectivity index (χ3v) is 15.1. The summed E-state index contributed by atoms with van der Waals surface area (Å²) in [6, 6.07) is -1.02. The van der Waals surface area contributed by atoms with Gasteiger partial charge < -0.3 is 89.9 Å². The zero-order valence-corrected chi connectivity index (χ0v) is 50.8. The summed E-state index contributed by atoms with van der Waals surface area (Å²) in [7, 11) is 0. The number of aliphatic hydroxyl groups is 11. The van der Waals surface area contributed by atoms with Crippen LogP contribution in [0.2, 0.25) is 0 Å². The summed E-state index contributed by atoms with van der Waals surface area (Å²) in [6.45, 7) is 1.53. The van der Waals surface area contributed by atoms with Crippen LogP contribution in [0.4, 0.5) is 0 Å². The second-order valence-corrected chi connectivity index (χ2v) is 22.1. The molecule has 0 aliphatic carbocycles. The molecule has 3 aliphatic heterocycles. The summed E-state index contributed by atoms with van der Waals surface area (Å²) in [4.78, 5) is 13.3. The van der Waals surface area contributed by atoms with E-state index in [4.69, 9.17) is 28.4 Å². The van der Waals surface area contributed by atoms with E-state index >= 15 is 0 Å². The van der Waals surface area contributed by atoms with Crippen molar-refractivity contribution in [2.45, 2.75) is 272 Å². The lowest BCUT2D eigenvalue weighted by atomic mass is 9.96. The van der Waals surface area contributed by atoms with Gasteiger partial charge in [0.2, 0.25) is 5.91 Å². The van der Waals surface area contributed by atoms with Crippen molar-refractivity contribution in [3.8, 4) is 0 Å². The van der Waals surface area contributed by atoms with Gasteiger partial charge in [-0.15, -0.1) is 0 Å². The molecule has 3 aliphatic rings. The van der Waals surface area contributed by atoms with Gasteiger partial charge in [-0.05, 0) is 89.9 Å². The first-order valence-electron chi connectivity index (χ1n) is 31.6. The molecule has 1 amide bonds. The molecule has 85 heavy (non-hydrogen) atoms. The smallest absolute Gasteiger partial charge is 0.220 e. The maximum Gasteiger partial charge on any atom is 0.220 e. The van der Waals surface area contributed by atoms with Crippen LogP contribution < -0.4 is 5.32 Å². The number of rotatable bonds is 45. The molecule has 486 valence electrons. The molecular weight excluding hydrogens is 1090 g/mol. The van der Waals surface area contributed by atoms with Crippen molar-refractivity contribution in [2.24, 2.45) is 0 Å². The van der Waals surface area contributed by atoms with Gasteiger partial charge in [-0.2, -0.15) is 0 Å². The van der Waals surface area contributed by atoms with Crippen LogP contribution in [0, 0.1) is 0 Å². The molecular formula is C66H109NO18. The maximum absolute atomic E-state index is 13.3. The minimum Gasteiger partial charge on any atom is -0.394 e. The lowest BCUT2D eigenvalue weighted by Gasteiger charge is -2.48. The summed E-state index contributed by atoms with van der Waals surface area (Å²) in [6.07, 6.45) is 34.9. The first-order valence-corrected chi connectivity index (χ1v) is 31.6. The third-order valence-electron chi connectivity index (χ3n) is 15.1. The van der Waals surface area contributed by atoms with Gasteiger partial charge in [-0.1, -0.05) is 181 Å². The Hall–Kier alpha value is -3.55. The van der Waals surface area contributed by atoms with Crippen LogP contribution in [0.3, 0.4) is 0 Å². The van der Waals surface area contributed by atoms with Gasteiger partial charge in [-0.3, -0.25) is 4.79 Å². The van der Waals surface area contributed by atoms with Crippen molar-refractivity contribution >= 4 is 5.91 Å². The number of aliphatic hydroxyl groups excluding tert-OH is 11. The van der Waals surface area contributed by atoms with Crippen molar-refractivity contribution in [2.75, 3.05) is 26.4 Å². The summed E-state index contributed by atoms with van der Waals surface area (Å²) in [5, 5.41) is 120. The lowest BCUT2D eigenvalue weighted by molar-refractivity contribution is -0.379. The summed E-state index contributed by atoms with van der Waals surface area (Å²) >= 11 is 0. The fourth-order valence-corrected chi connectivity index (χ4v) is 9.89. The van der Waals surface area contributed by atoms with Gasteiger partial charge >= 0.3 is 0 Å². The van der Waals surface area contributed by atoms with Gasteiger partial charge in [0.15, 0.2) is 18.9 Å². The van der Waals surface area contributed by atoms with Crippen molar-refractivity contribution in [1.29, 1.82) is 0 Å². The number of allylic oxidation sites excluding steroid dienone is 17. The van der Waals surface area contributed by atoms with E-state index in [1.54, 1.807) is 6.08 Å². The Morgan fingerprint density at radius 2 is 0.824 bits per heavy atom. The van der Waals surface area contributed by atoms with Crippen LogP contribution in [0.25, 0.3) is 0 Å². The standard InChI is InChI=1S/C66H109NO18/c1-3-5-7-9-11-13-15-17-19-20-21-22-23-24-25-26-27-28-30-32-34-36-38-40-42-44-54(72)67-49(50(71)43-41-39-37-35-33-31-29-18-16-14-12-10-8-6-4-2)48-80-64-60(78)57(75)62(52(46-69)82-64)85-66-61(79)58(76)63(53(47-70)83-66)84-65-59(77)56(74)55(73)51(45-68)81-65/h5,7,11,13,17,19,21-22,24-25,27-28,32-35,41,43,49-53,55-66,68-71,73-79H,3-4,6,8-10,12,14-16,18,20,23,26,29-31,36-40,42,44-48H2,1-2H3,(H,67,72)/b7-5-,13-11-,19-17-,22-21-,25-24-,28-27-,34-32-,35-33+,43-41+. The highest BCUT2D eigenvalue weighted by Crippen LogP contribution is 2.33. The molecule has 3 heterocycles. The predicted octanol–water partition coefficient (Wildman–Crippen LogP) is 6.71. The van der Waals surface area contributed by atoms with E-state index < -0.39 is 124 Å². The Balaban J connectivity index is 1.50. The maximum atomic E-state index is 13.3. The van der Waals surface area contributed by atoms with Crippen molar-refractivity contribution < 1.29 is 89.4 Å². The quantitative estimate of drug-likeness (QED) is 0.0223. The molecule has 0 aromatic heterocycles. The molecule has 19 heteroatoms. The Bertz CT molecular complexity index is 1970. The topological polar surface area (TPSA) is 307 Å². The molecule has 17 atom stereocenters. The summed E-state index contributed by atoms with van der Waals surface area (Å²) in [5.41, 5.74) is 0. The number of nitrogens with one attached hydrogen (secondary N) is 1. The largest absolute Gasteiger partial charge is 0.394 e. The van der Waals surface area contributed by atoms with E-state index in [2.05, 4.69) is 116 Å². The Morgan fingerprint density at radius 1 is 0.435 bits per heavy atom. The zero-order valence-electron chi connectivity index (χ0n) is 50.8. The fourth-order valence-electron chi connectivity index (χ4n) is 9.89. The monoisotopic (exact) mass is 1200 g/mol. The minimum absolute atomic E-state index is 0.188. The van der Waals surface area contributed by atoms with E-state index in [-0.39, 0.29) is 18.9 Å². The molecule has 0 aromatic rings. The second kappa shape index (κ2) is 47.5. The number of carbonyl (C=O) groups excluding carboxylic acids is 1. The molecule has 0 aromatic carbocycles. The second-order valence-electron chi connectivity index (χ2n) is 22.1. The fraction of sp³-hybridized carbons (Fsp3) is 0.712. The molecule has 0 spiro atoms. The normalized spacial score (nSPS) is 29.7. The van der Waals surface area contributed by atoms with E-state index in [0.29, 0.717) is 12.8 Å². The van der Waals surface area contributed by atoms with Crippen LogP contribution in [0.15, 0.2) is 109 Å². The number of unbranched alkanes of at least 4 members (excludes halogenated alkanes) is 13. The van der Waals surface area contributed by atoms with Crippen molar-refractivity contribution in [1.82, 2.24) is 5.32 Å². The molecule has 17 unspecified atom stereocenters. The third kappa shape index (κ3) is 30.5. The first kappa shape index (κ1) is 75.7. The molecule has 3 saturated heterocycles. The summed E-state index contributed by atoms with van der Waals surface area (Å²) < 4.78 is 34.2.